The molecule has 4 N–H and O–H groups in total. The molecule has 10 nitrogen and oxygen atoms in total. The fraction of sp³-hybridized carbons (Fsp3) is 0.308. The second-order valence-electron chi connectivity index (χ2n) is 8.86. The summed E-state index contributed by atoms with van der Waals surface area (Å²) >= 11 is 6.07. The Morgan fingerprint density at radius 1 is 0.973 bits per heavy atom. The van der Waals surface area contributed by atoms with Crippen molar-refractivity contribution in [2.24, 2.45) is 0 Å². The number of benzene rings is 2. The molecule has 0 radical (unpaired) electrons. The highest BCUT2D eigenvalue weighted by Gasteiger charge is 2.23. The summed E-state index contributed by atoms with van der Waals surface area (Å²) < 4.78 is 5.73. The standard InChI is InChI=1S/C26H29ClN6O4/c1-16-13-33(14-17(2)37-16)12-11-28-25(35)22-23(30-15-29-22)26(36)32-19-9-7-18(8-10-19)31-24(34)20-5-3-4-6-21(20)27/h3-10,15-17H,11-14H2,1-2H3,(H,28,35)(H,29,30)(H,31,34)(H,32,36). The third-order valence-corrected chi connectivity index (χ3v) is 6.14. The number of halogens is 1. The molecule has 0 saturated carbocycles. The molecule has 0 bridgehead atoms. The van der Waals surface area contributed by atoms with Crippen LogP contribution in [0.5, 0.6) is 0 Å². The van der Waals surface area contributed by atoms with Gasteiger partial charge < -0.3 is 25.7 Å². The predicted octanol–water partition coefficient (Wildman–Crippen LogP) is 3.41. The van der Waals surface area contributed by atoms with E-state index in [1.54, 1.807) is 48.5 Å². The van der Waals surface area contributed by atoms with Crippen molar-refractivity contribution in [2.45, 2.75) is 26.1 Å². The van der Waals surface area contributed by atoms with Gasteiger partial charge in [0.15, 0.2) is 5.69 Å². The normalized spacial score (nSPS) is 17.7. The van der Waals surface area contributed by atoms with Crippen molar-refractivity contribution >= 4 is 40.7 Å². The first-order valence-electron chi connectivity index (χ1n) is 12.0. The van der Waals surface area contributed by atoms with Gasteiger partial charge >= 0.3 is 0 Å². The molecule has 11 heteroatoms. The number of rotatable bonds is 8. The van der Waals surface area contributed by atoms with Gasteiger partial charge in [0.05, 0.1) is 29.1 Å². The Balaban J connectivity index is 1.30. The number of hydrogen-bond donors (Lipinski definition) is 4. The predicted molar refractivity (Wildman–Crippen MR) is 141 cm³/mol. The minimum Gasteiger partial charge on any atom is -0.373 e. The van der Waals surface area contributed by atoms with E-state index >= 15 is 0 Å². The average molecular weight is 525 g/mol. The van der Waals surface area contributed by atoms with Gasteiger partial charge in [-0.25, -0.2) is 4.98 Å². The van der Waals surface area contributed by atoms with E-state index in [1.165, 1.54) is 6.33 Å². The third kappa shape index (κ3) is 6.94. The fourth-order valence-electron chi connectivity index (χ4n) is 4.19. The molecule has 0 aliphatic carbocycles. The maximum atomic E-state index is 12.8. The molecule has 1 fully saturated rings. The Kier molecular flexibility index (Phi) is 8.54. The van der Waals surface area contributed by atoms with Crippen molar-refractivity contribution in [2.75, 3.05) is 36.8 Å². The second kappa shape index (κ2) is 12.0. The number of anilines is 2. The van der Waals surface area contributed by atoms with Crippen LogP contribution in [0.15, 0.2) is 54.9 Å². The van der Waals surface area contributed by atoms with Gasteiger partial charge in [-0.3, -0.25) is 19.3 Å². The van der Waals surface area contributed by atoms with Crippen LogP contribution in [0.1, 0.15) is 45.2 Å². The molecule has 3 aromatic rings. The summed E-state index contributed by atoms with van der Waals surface area (Å²) in [7, 11) is 0. The lowest BCUT2D eigenvalue weighted by molar-refractivity contribution is -0.0672. The number of ether oxygens (including phenoxy) is 1. The van der Waals surface area contributed by atoms with Crippen molar-refractivity contribution in [1.29, 1.82) is 0 Å². The Hall–Kier alpha value is -3.73. The van der Waals surface area contributed by atoms with Crippen LogP contribution in [0, 0.1) is 0 Å². The van der Waals surface area contributed by atoms with E-state index < -0.39 is 11.8 Å². The molecular formula is C26H29ClN6O4. The van der Waals surface area contributed by atoms with Crippen LogP contribution in [0.25, 0.3) is 0 Å². The van der Waals surface area contributed by atoms with E-state index in [2.05, 4.69) is 30.8 Å². The topological polar surface area (TPSA) is 128 Å². The first kappa shape index (κ1) is 26.3. The Morgan fingerprint density at radius 3 is 2.24 bits per heavy atom. The molecule has 1 aliphatic heterocycles. The van der Waals surface area contributed by atoms with Crippen LogP contribution >= 0.6 is 11.6 Å². The number of carbonyl (C=O) groups is 3. The van der Waals surface area contributed by atoms with Gasteiger partial charge in [-0.15, -0.1) is 0 Å². The van der Waals surface area contributed by atoms with Gasteiger partial charge in [0.1, 0.15) is 5.69 Å². The minimum atomic E-state index is -0.532. The molecule has 3 amide bonds. The summed E-state index contributed by atoms with van der Waals surface area (Å²) in [6.07, 6.45) is 1.60. The van der Waals surface area contributed by atoms with E-state index in [0.29, 0.717) is 35.1 Å². The Labute approximate surface area is 219 Å². The number of hydrogen-bond acceptors (Lipinski definition) is 6. The molecule has 2 aromatic carbocycles. The van der Waals surface area contributed by atoms with E-state index in [4.69, 9.17) is 16.3 Å². The van der Waals surface area contributed by atoms with Crippen molar-refractivity contribution in [3.05, 3.63) is 76.8 Å². The summed E-state index contributed by atoms with van der Waals surface area (Å²) in [4.78, 5) is 46.9. The van der Waals surface area contributed by atoms with E-state index in [-0.39, 0.29) is 29.5 Å². The highest BCUT2D eigenvalue weighted by Crippen LogP contribution is 2.19. The summed E-state index contributed by atoms with van der Waals surface area (Å²) in [6, 6.07) is 13.3. The highest BCUT2D eigenvalue weighted by atomic mass is 35.5. The van der Waals surface area contributed by atoms with Gasteiger partial charge in [0.2, 0.25) is 0 Å². The van der Waals surface area contributed by atoms with Crippen LogP contribution in [0.2, 0.25) is 5.02 Å². The van der Waals surface area contributed by atoms with Crippen LogP contribution < -0.4 is 16.0 Å². The van der Waals surface area contributed by atoms with Crippen molar-refractivity contribution < 1.29 is 19.1 Å². The highest BCUT2D eigenvalue weighted by molar-refractivity contribution is 6.34. The molecule has 4 rings (SSSR count). The third-order valence-electron chi connectivity index (χ3n) is 5.81. The smallest absolute Gasteiger partial charge is 0.276 e. The molecule has 194 valence electrons. The van der Waals surface area contributed by atoms with E-state index in [0.717, 1.165) is 13.1 Å². The molecule has 0 spiro atoms. The largest absolute Gasteiger partial charge is 0.373 e. The lowest BCUT2D eigenvalue weighted by Gasteiger charge is -2.35. The summed E-state index contributed by atoms with van der Waals surface area (Å²) in [5.41, 5.74) is 1.45. The minimum absolute atomic E-state index is 0.0118. The molecular weight excluding hydrogens is 496 g/mol. The summed E-state index contributed by atoms with van der Waals surface area (Å²) in [6.45, 7) is 6.78. The average Bonchev–Trinajstić information content (AvgIpc) is 3.35. The van der Waals surface area contributed by atoms with Gasteiger partial charge in [-0.1, -0.05) is 23.7 Å². The number of amides is 3. The lowest BCUT2D eigenvalue weighted by atomic mass is 10.2. The monoisotopic (exact) mass is 524 g/mol. The first-order chi connectivity index (χ1) is 17.8. The van der Waals surface area contributed by atoms with Crippen molar-refractivity contribution in [1.82, 2.24) is 20.2 Å². The molecule has 2 unspecified atom stereocenters. The van der Waals surface area contributed by atoms with Crippen LogP contribution in [-0.4, -0.2) is 71.0 Å². The molecule has 1 aliphatic rings. The van der Waals surface area contributed by atoms with Gasteiger partial charge in [0.25, 0.3) is 17.7 Å². The number of aromatic amines is 1. The quantitative estimate of drug-likeness (QED) is 0.357. The number of nitrogens with zero attached hydrogens (tertiary/aromatic N) is 2. The molecule has 2 heterocycles. The lowest BCUT2D eigenvalue weighted by Crippen LogP contribution is -2.47. The maximum absolute atomic E-state index is 12.8. The van der Waals surface area contributed by atoms with Crippen LogP contribution in [0.4, 0.5) is 11.4 Å². The zero-order valence-electron chi connectivity index (χ0n) is 20.6. The number of imidazole rings is 1. The number of nitrogens with one attached hydrogen (secondary N) is 4. The fourth-order valence-corrected chi connectivity index (χ4v) is 4.41. The molecule has 1 aromatic heterocycles. The number of morpholine rings is 1. The molecule has 2 atom stereocenters. The van der Waals surface area contributed by atoms with Gasteiger partial charge in [-0.2, -0.15) is 0 Å². The SMILES string of the molecule is CC1CN(CCNC(=O)c2[nH]cnc2C(=O)Nc2ccc(NC(=O)c3ccccc3Cl)cc2)CC(C)O1. The number of carbonyl (C=O) groups excluding carboxylic acids is 3. The Morgan fingerprint density at radius 2 is 1.59 bits per heavy atom. The number of H-pyrrole nitrogens is 1. The molecule has 37 heavy (non-hydrogen) atoms. The van der Waals surface area contributed by atoms with E-state index in [9.17, 15) is 14.4 Å². The maximum Gasteiger partial charge on any atom is 0.276 e. The molecule has 1 saturated heterocycles. The van der Waals surface area contributed by atoms with Gasteiger partial charge in [-0.05, 0) is 50.2 Å². The number of aromatic nitrogens is 2. The summed E-state index contributed by atoms with van der Waals surface area (Å²) in [5.74, 6) is -1.28. The zero-order valence-corrected chi connectivity index (χ0v) is 21.3. The van der Waals surface area contributed by atoms with E-state index in [1.807, 2.05) is 13.8 Å². The first-order valence-corrected chi connectivity index (χ1v) is 12.3. The van der Waals surface area contributed by atoms with Gasteiger partial charge in [0, 0.05) is 37.6 Å². The Bertz CT molecular complexity index is 1250. The van der Waals surface area contributed by atoms with Crippen molar-refractivity contribution in [3.8, 4) is 0 Å². The zero-order chi connectivity index (χ0) is 26.4. The second-order valence-corrected chi connectivity index (χ2v) is 9.27. The van der Waals surface area contributed by atoms with Crippen LogP contribution in [0.3, 0.4) is 0 Å². The summed E-state index contributed by atoms with van der Waals surface area (Å²) in [5, 5.41) is 8.68. The van der Waals surface area contributed by atoms with Crippen LogP contribution in [-0.2, 0) is 4.74 Å². The van der Waals surface area contributed by atoms with Crippen molar-refractivity contribution in [3.63, 3.8) is 0 Å².